The minimum Gasteiger partial charge on any atom is -0.352 e. The van der Waals surface area contributed by atoms with Gasteiger partial charge >= 0.3 is 0 Å². The van der Waals surface area contributed by atoms with Crippen LogP contribution in [0.4, 0.5) is 0 Å². The van der Waals surface area contributed by atoms with E-state index in [2.05, 4.69) is 16.2 Å². The Morgan fingerprint density at radius 1 is 1.43 bits per heavy atom. The van der Waals surface area contributed by atoms with Crippen molar-refractivity contribution in [2.45, 2.75) is 6.42 Å². The zero-order valence-electron chi connectivity index (χ0n) is 12.4. The number of amides is 1. The maximum atomic E-state index is 11.9. The summed E-state index contributed by atoms with van der Waals surface area (Å²) in [4.78, 5) is 15.8. The molecule has 0 saturated heterocycles. The van der Waals surface area contributed by atoms with Gasteiger partial charge in [0.2, 0.25) is 4.38 Å². The van der Waals surface area contributed by atoms with Crippen molar-refractivity contribution in [3.05, 3.63) is 35.4 Å². The molecule has 0 atom stereocenters. The van der Waals surface area contributed by atoms with Gasteiger partial charge in [0.25, 0.3) is 15.9 Å². The van der Waals surface area contributed by atoms with Crippen molar-refractivity contribution in [2.24, 2.45) is 10.1 Å². The lowest BCUT2D eigenvalue weighted by Crippen LogP contribution is -2.26. The number of nitrogens with two attached hydrogens (primary N) is 1. The van der Waals surface area contributed by atoms with Gasteiger partial charge < -0.3 is 5.32 Å². The third-order valence-electron chi connectivity index (χ3n) is 2.66. The molecular formula is C14H16N4O3S2. The molecule has 0 bridgehead atoms. The minimum absolute atomic E-state index is 0.243. The molecule has 0 saturated carbocycles. The molecule has 4 N–H and O–H groups in total. The summed E-state index contributed by atoms with van der Waals surface area (Å²) in [5.74, 6) is 2.18. The van der Waals surface area contributed by atoms with Crippen LogP contribution < -0.4 is 10.5 Å². The van der Waals surface area contributed by atoms with Crippen LogP contribution in [-0.2, 0) is 10.0 Å². The smallest absolute Gasteiger partial charge is 0.261 e. The molecule has 122 valence electrons. The lowest BCUT2D eigenvalue weighted by Gasteiger charge is -2.07. The Kier molecular flexibility index (Phi) is 6.96. The van der Waals surface area contributed by atoms with Crippen LogP contribution in [0, 0.1) is 17.8 Å². The van der Waals surface area contributed by atoms with Crippen molar-refractivity contribution in [1.29, 1.82) is 5.41 Å². The highest BCUT2D eigenvalue weighted by molar-refractivity contribution is 8.41. The molecule has 0 aromatic heterocycles. The number of carbonyl (C=O) groups excluding carboxylic acids is 1. The minimum atomic E-state index is -4.04. The maximum absolute atomic E-state index is 11.9. The number of nitrogens with one attached hydrogen (secondary N) is 2. The summed E-state index contributed by atoms with van der Waals surface area (Å²) in [7, 11) is -2.57. The monoisotopic (exact) mass is 352 g/mol. The molecule has 0 radical (unpaired) electrons. The number of sulfonamides is 1. The van der Waals surface area contributed by atoms with Crippen LogP contribution in [0.25, 0.3) is 0 Å². The molecule has 0 fully saturated rings. The van der Waals surface area contributed by atoms with Crippen molar-refractivity contribution in [1.82, 2.24) is 5.32 Å². The average molecular weight is 352 g/mol. The normalized spacial score (nSPS) is 11.6. The lowest BCUT2D eigenvalue weighted by atomic mass is 10.1. The summed E-state index contributed by atoms with van der Waals surface area (Å²) < 4.78 is 21.3. The fraction of sp³-hybridized carbons (Fsp3) is 0.214. The second kappa shape index (κ2) is 8.47. The second-order valence-electron chi connectivity index (χ2n) is 4.28. The molecular weight excluding hydrogens is 336 g/mol. The van der Waals surface area contributed by atoms with E-state index in [1.165, 1.54) is 7.05 Å². The van der Waals surface area contributed by atoms with Gasteiger partial charge in [-0.2, -0.15) is 0 Å². The Labute approximate surface area is 139 Å². The summed E-state index contributed by atoms with van der Waals surface area (Å²) in [6, 6.07) is 6.56. The van der Waals surface area contributed by atoms with Crippen LogP contribution in [0.2, 0.25) is 0 Å². The first-order valence-electron chi connectivity index (χ1n) is 6.37. The van der Waals surface area contributed by atoms with Crippen molar-refractivity contribution in [3.63, 3.8) is 0 Å². The van der Waals surface area contributed by atoms with Crippen LogP contribution in [0.3, 0.4) is 0 Å². The SMILES string of the molecule is C#Cc1ccc(C(=O)NCCC(=NC)SC(=N)S(N)(=O)=O)cc1. The number of terminal acetylenes is 1. The Morgan fingerprint density at radius 3 is 2.52 bits per heavy atom. The fourth-order valence-corrected chi connectivity index (χ4v) is 2.74. The standard InChI is InChI=1S/C14H16N4O3S2/c1-3-10-4-6-11(7-5-10)13(19)18-9-8-12(17-2)22-14(15)23(16,20)21/h1,4-7,15H,8-9H2,2H3,(H,18,19)(H2,16,20,21). The third kappa shape index (κ3) is 6.23. The number of nitrogens with zero attached hydrogens (tertiary/aromatic N) is 1. The number of benzene rings is 1. The Balaban J connectivity index is 2.53. The van der Waals surface area contributed by atoms with E-state index in [4.69, 9.17) is 17.0 Å². The van der Waals surface area contributed by atoms with E-state index >= 15 is 0 Å². The quantitative estimate of drug-likeness (QED) is 0.420. The molecule has 23 heavy (non-hydrogen) atoms. The van der Waals surface area contributed by atoms with Gasteiger partial charge in [-0.3, -0.25) is 15.2 Å². The first kappa shape index (κ1) is 18.9. The molecule has 0 aliphatic carbocycles. The van der Waals surface area contributed by atoms with E-state index in [0.717, 1.165) is 0 Å². The molecule has 0 spiro atoms. The number of hydrogen-bond donors (Lipinski definition) is 3. The van der Waals surface area contributed by atoms with Crippen LogP contribution in [0.15, 0.2) is 29.3 Å². The summed E-state index contributed by atoms with van der Waals surface area (Å²) in [6.45, 7) is 0.243. The Morgan fingerprint density at radius 2 is 2.04 bits per heavy atom. The van der Waals surface area contributed by atoms with Gasteiger partial charge in [-0.25, -0.2) is 13.6 Å². The summed E-state index contributed by atoms with van der Waals surface area (Å²) in [5.41, 5.74) is 1.14. The van der Waals surface area contributed by atoms with Crippen LogP contribution in [0.5, 0.6) is 0 Å². The van der Waals surface area contributed by atoms with Gasteiger partial charge in [0.1, 0.15) is 0 Å². The highest BCUT2D eigenvalue weighted by Gasteiger charge is 2.16. The zero-order valence-corrected chi connectivity index (χ0v) is 14.0. The molecule has 1 amide bonds. The Hall–Kier alpha value is -2.15. The van der Waals surface area contributed by atoms with Crippen LogP contribution in [-0.4, -0.2) is 37.3 Å². The van der Waals surface area contributed by atoms with Gasteiger partial charge in [-0.05, 0) is 36.0 Å². The van der Waals surface area contributed by atoms with Crippen molar-refractivity contribution in [3.8, 4) is 12.3 Å². The van der Waals surface area contributed by atoms with E-state index < -0.39 is 14.4 Å². The van der Waals surface area contributed by atoms with Gasteiger partial charge in [0.05, 0.1) is 5.04 Å². The van der Waals surface area contributed by atoms with Gasteiger partial charge in [0.15, 0.2) is 0 Å². The van der Waals surface area contributed by atoms with Gasteiger partial charge in [-0.1, -0.05) is 5.92 Å². The lowest BCUT2D eigenvalue weighted by molar-refractivity contribution is 0.0955. The van der Waals surface area contributed by atoms with Crippen LogP contribution in [0.1, 0.15) is 22.3 Å². The maximum Gasteiger partial charge on any atom is 0.261 e. The summed E-state index contributed by atoms with van der Waals surface area (Å²) >= 11 is 0.651. The Bertz CT molecular complexity index is 762. The van der Waals surface area contributed by atoms with E-state index in [1.54, 1.807) is 24.3 Å². The average Bonchev–Trinajstić information content (AvgIpc) is 2.52. The predicted molar refractivity (Wildman–Crippen MR) is 93.1 cm³/mol. The molecule has 0 heterocycles. The number of rotatable bonds is 4. The van der Waals surface area contributed by atoms with Gasteiger partial charge in [-0.15, -0.1) is 6.42 Å². The fourth-order valence-electron chi connectivity index (χ4n) is 1.48. The molecule has 9 heteroatoms. The molecule has 7 nitrogen and oxygen atoms in total. The molecule has 1 aromatic rings. The van der Waals surface area contributed by atoms with E-state index in [1.807, 2.05) is 0 Å². The molecule has 1 rings (SSSR count). The summed E-state index contributed by atoms with van der Waals surface area (Å²) in [5, 5.41) is 15.2. The molecule has 0 unspecified atom stereocenters. The van der Waals surface area contributed by atoms with Crippen molar-refractivity contribution < 1.29 is 13.2 Å². The van der Waals surface area contributed by atoms with Crippen LogP contribution >= 0.6 is 11.8 Å². The number of thioether (sulfide) groups is 1. The molecule has 1 aromatic carbocycles. The van der Waals surface area contributed by atoms with Gasteiger partial charge in [0, 0.05) is 31.1 Å². The topological polar surface area (TPSA) is 125 Å². The number of primary sulfonamides is 1. The van der Waals surface area contributed by atoms with E-state index in [9.17, 15) is 13.2 Å². The molecule has 0 aliphatic heterocycles. The number of aliphatic imine (C=N–C) groups is 1. The number of carbonyl (C=O) groups is 1. The summed E-state index contributed by atoms with van der Waals surface area (Å²) in [6.07, 6.45) is 5.52. The van der Waals surface area contributed by atoms with E-state index in [-0.39, 0.29) is 18.9 Å². The first-order chi connectivity index (χ1) is 10.8. The largest absolute Gasteiger partial charge is 0.352 e. The molecule has 0 aliphatic rings. The highest BCUT2D eigenvalue weighted by atomic mass is 32.3. The third-order valence-corrected chi connectivity index (χ3v) is 4.93. The predicted octanol–water partition coefficient (Wildman–Crippen LogP) is 0.773. The second-order valence-corrected chi connectivity index (χ2v) is 7.12. The van der Waals surface area contributed by atoms with Crippen molar-refractivity contribution >= 4 is 37.1 Å². The first-order valence-corrected chi connectivity index (χ1v) is 8.74. The van der Waals surface area contributed by atoms with Crippen molar-refractivity contribution in [2.75, 3.05) is 13.6 Å². The van der Waals surface area contributed by atoms with E-state index in [0.29, 0.717) is 27.9 Å². The highest BCUT2D eigenvalue weighted by Crippen LogP contribution is 2.12. The zero-order chi connectivity index (χ0) is 17.5. The number of hydrogen-bond acceptors (Lipinski definition) is 6.